The second kappa shape index (κ2) is 6.33. The first kappa shape index (κ1) is 15.2. The summed E-state index contributed by atoms with van der Waals surface area (Å²) < 4.78 is 0. The molecule has 0 aromatic carbocycles. The number of hydrogen-bond acceptors (Lipinski definition) is 4. The summed E-state index contributed by atoms with van der Waals surface area (Å²) in [5, 5.41) is 11.6. The summed E-state index contributed by atoms with van der Waals surface area (Å²) >= 11 is 0. The number of carbonyl (C=O) groups excluding carboxylic acids is 1. The molecule has 0 fully saturated rings. The second-order valence-corrected chi connectivity index (χ2v) is 4.81. The minimum atomic E-state index is -1.10. The number of aliphatic carboxylic acids is 1. The Morgan fingerprint density at radius 3 is 2.79 bits per heavy atom. The van der Waals surface area contributed by atoms with Crippen LogP contribution in [-0.2, 0) is 16.0 Å². The van der Waals surface area contributed by atoms with Crippen LogP contribution >= 0.6 is 0 Å². The fourth-order valence-electron chi connectivity index (χ4n) is 1.77. The zero-order valence-electron chi connectivity index (χ0n) is 11.1. The Bertz CT molecular complexity index is 428. The highest BCUT2D eigenvalue weighted by molar-refractivity contribution is 5.89. The van der Waals surface area contributed by atoms with Crippen molar-refractivity contribution in [1.29, 1.82) is 0 Å². The number of H-pyrrole nitrogens is 1. The van der Waals surface area contributed by atoms with Gasteiger partial charge in [0, 0.05) is 18.3 Å². The number of nitrogens with two attached hydrogens (primary N) is 1. The molecule has 1 aromatic heterocycles. The van der Waals surface area contributed by atoms with Crippen LogP contribution in [0.25, 0.3) is 0 Å². The van der Waals surface area contributed by atoms with Gasteiger partial charge in [-0.1, -0.05) is 13.3 Å². The van der Waals surface area contributed by atoms with Gasteiger partial charge in [-0.25, -0.2) is 9.78 Å². The van der Waals surface area contributed by atoms with Crippen LogP contribution in [0.5, 0.6) is 0 Å². The Morgan fingerprint density at radius 2 is 2.32 bits per heavy atom. The topological polar surface area (TPSA) is 121 Å². The van der Waals surface area contributed by atoms with E-state index in [4.69, 9.17) is 10.8 Å². The van der Waals surface area contributed by atoms with Gasteiger partial charge < -0.3 is 21.1 Å². The molecule has 1 rings (SSSR count). The number of carboxylic acid groups (broad SMARTS) is 1. The first-order valence-corrected chi connectivity index (χ1v) is 6.16. The quantitative estimate of drug-likeness (QED) is 0.556. The molecule has 1 amide bonds. The van der Waals surface area contributed by atoms with Gasteiger partial charge in [-0.15, -0.1) is 0 Å². The highest BCUT2D eigenvalue weighted by Crippen LogP contribution is 2.09. The SMILES string of the molecule is CCCC(C)(N)C(=O)N[C@@H](Cc1cnc[nH]1)C(=O)O. The van der Waals surface area contributed by atoms with Crippen LogP contribution in [0, 0.1) is 0 Å². The van der Waals surface area contributed by atoms with Crippen LogP contribution in [0.15, 0.2) is 12.5 Å². The lowest BCUT2D eigenvalue weighted by Crippen LogP contribution is -2.56. The van der Waals surface area contributed by atoms with Gasteiger partial charge in [-0.3, -0.25) is 4.79 Å². The number of nitrogens with zero attached hydrogens (tertiary/aromatic N) is 1. The zero-order chi connectivity index (χ0) is 14.5. The first-order chi connectivity index (χ1) is 8.86. The molecule has 0 radical (unpaired) electrons. The van der Waals surface area contributed by atoms with E-state index >= 15 is 0 Å². The van der Waals surface area contributed by atoms with Crippen LogP contribution < -0.4 is 11.1 Å². The summed E-state index contributed by atoms with van der Waals surface area (Å²) in [6.07, 6.45) is 4.37. The molecule has 7 heteroatoms. The predicted octanol–water partition coefficient (Wildman–Crippen LogP) is 0.0391. The normalized spacial score (nSPS) is 15.5. The zero-order valence-corrected chi connectivity index (χ0v) is 11.1. The highest BCUT2D eigenvalue weighted by atomic mass is 16.4. The average molecular weight is 268 g/mol. The van der Waals surface area contributed by atoms with E-state index in [2.05, 4.69) is 15.3 Å². The largest absolute Gasteiger partial charge is 0.480 e. The van der Waals surface area contributed by atoms with Gasteiger partial charge in [0.2, 0.25) is 5.91 Å². The number of carboxylic acids is 1. The fourth-order valence-corrected chi connectivity index (χ4v) is 1.77. The number of imidazole rings is 1. The lowest BCUT2D eigenvalue weighted by atomic mass is 9.96. The molecule has 0 aliphatic heterocycles. The van der Waals surface area contributed by atoms with Gasteiger partial charge in [0.15, 0.2) is 0 Å². The lowest BCUT2D eigenvalue weighted by molar-refractivity contribution is -0.142. The van der Waals surface area contributed by atoms with E-state index in [1.54, 1.807) is 6.92 Å². The van der Waals surface area contributed by atoms with E-state index in [0.29, 0.717) is 12.1 Å². The number of aromatic nitrogens is 2. The van der Waals surface area contributed by atoms with Gasteiger partial charge in [-0.2, -0.15) is 0 Å². The molecule has 0 saturated carbocycles. The molecule has 0 saturated heterocycles. The number of hydrogen-bond donors (Lipinski definition) is 4. The van der Waals surface area contributed by atoms with E-state index in [0.717, 1.165) is 6.42 Å². The molecule has 0 aliphatic carbocycles. The van der Waals surface area contributed by atoms with Crippen LogP contribution in [0.2, 0.25) is 0 Å². The Balaban J connectivity index is 2.69. The Labute approximate surface area is 111 Å². The standard InChI is InChI=1S/C12H20N4O3/c1-3-4-12(2,13)11(19)16-9(10(17)18)5-8-6-14-7-15-8/h6-7,9H,3-5,13H2,1-2H3,(H,14,15)(H,16,19)(H,17,18)/t9-,12?/m0/s1. The summed E-state index contributed by atoms with van der Waals surface area (Å²) in [7, 11) is 0. The van der Waals surface area contributed by atoms with Gasteiger partial charge in [0.25, 0.3) is 0 Å². The van der Waals surface area contributed by atoms with Crippen molar-refractivity contribution < 1.29 is 14.7 Å². The number of nitrogens with one attached hydrogen (secondary N) is 2. The Hall–Kier alpha value is -1.89. The summed E-state index contributed by atoms with van der Waals surface area (Å²) in [5.41, 5.74) is 5.45. The fraction of sp³-hybridized carbons (Fsp3) is 0.583. The molecule has 1 unspecified atom stereocenters. The minimum absolute atomic E-state index is 0.142. The maximum Gasteiger partial charge on any atom is 0.326 e. The van der Waals surface area contributed by atoms with E-state index in [1.807, 2.05) is 6.92 Å². The molecule has 19 heavy (non-hydrogen) atoms. The van der Waals surface area contributed by atoms with Crippen LogP contribution in [-0.4, -0.2) is 38.5 Å². The van der Waals surface area contributed by atoms with Gasteiger partial charge in [0.05, 0.1) is 11.9 Å². The monoisotopic (exact) mass is 268 g/mol. The third-order valence-electron chi connectivity index (χ3n) is 2.87. The molecule has 2 atom stereocenters. The van der Waals surface area contributed by atoms with Crippen molar-refractivity contribution in [3.63, 3.8) is 0 Å². The van der Waals surface area contributed by atoms with Crippen LogP contribution in [0.4, 0.5) is 0 Å². The van der Waals surface area contributed by atoms with E-state index < -0.39 is 23.5 Å². The molecule has 0 bridgehead atoms. The molecule has 7 nitrogen and oxygen atoms in total. The van der Waals surface area contributed by atoms with E-state index in [-0.39, 0.29) is 6.42 Å². The first-order valence-electron chi connectivity index (χ1n) is 6.16. The molecular formula is C12H20N4O3. The molecule has 0 spiro atoms. The summed E-state index contributed by atoms with van der Waals surface area (Å²) in [4.78, 5) is 29.7. The molecule has 1 heterocycles. The number of rotatable bonds is 7. The van der Waals surface area contributed by atoms with Crippen molar-refractivity contribution in [3.05, 3.63) is 18.2 Å². The van der Waals surface area contributed by atoms with Crippen molar-refractivity contribution in [2.75, 3.05) is 0 Å². The Morgan fingerprint density at radius 1 is 1.63 bits per heavy atom. The molecule has 1 aromatic rings. The average Bonchev–Trinajstić information content (AvgIpc) is 2.80. The predicted molar refractivity (Wildman–Crippen MR) is 69.4 cm³/mol. The second-order valence-electron chi connectivity index (χ2n) is 4.81. The van der Waals surface area contributed by atoms with Gasteiger partial charge in [0.1, 0.15) is 6.04 Å². The number of amides is 1. The summed E-state index contributed by atoms with van der Waals surface area (Å²) in [6, 6.07) is -1.02. The maximum absolute atomic E-state index is 12.0. The van der Waals surface area contributed by atoms with Crippen molar-refractivity contribution in [2.24, 2.45) is 5.73 Å². The Kier molecular flexibility index (Phi) is 5.05. The molecular weight excluding hydrogens is 248 g/mol. The van der Waals surface area contributed by atoms with Crippen molar-refractivity contribution in [1.82, 2.24) is 15.3 Å². The minimum Gasteiger partial charge on any atom is -0.480 e. The number of carbonyl (C=O) groups is 2. The van der Waals surface area contributed by atoms with E-state index in [1.165, 1.54) is 12.5 Å². The van der Waals surface area contributed by atoms with Crippen molar-refractivity contribution in [3.8, 4) is 0 Å². The number of aromatic amines is 1. The smallest absolute Gasteiger partial charge is 0.326 e. The maximum atomic E-state index is 12.0. The molecule has 106 valence electrons. The third-order valence-corrected chi connectivity index (χ3v) is 2.87. The van der Waals surface area contributed by atoms with Crippen molar-refractivity contribution >= 4 is 11.9 Å². The van der Waals surface area contributed by atoms with Crippen LogP contribution in [0.1, 0.15) is 32.4 Å². The third kappa shape index (κ3) is 4.36. The molecule has 0 aliphatic rings. The van der Waals surface area contributed by atoms with Crippen LogP contribution in [0.3, 0.4) is 0 Å². The van der Waals surface area contributed by atoms with E-state index in [9.17, 15) is 9.59 Å². The van der Waals surface area contributed by atoms with Gasteiger partial charge in [-0.05, 0) is 13.3 Å². The summed E-state index contributed by atoms with van der Waals surface area (Å²) in [5.74, 6) is -1.56. The van der Waals surface area contributed by atoms with Gasteiger partial charge >= 0.3 is 5.97 Å². The highest BCUT2D eigenvalue weighted by Gasteiger charge is 2.31. The van der Waals surface area contributed by atoms with Crippen molar-refractivity contribution in [2.45, 2.75) is 44.7 Å². The lowest BCUT2D eigenvalue weighted by Gasteiger charge is -2.25. The molecule has 5 N–H and O–H groups in total. The summed E-state index contributed by atoms with van der Waals surface area (Å²) in [6.45, 7) is 3.51.